The minimum absolute atomic E-state index is 0.00999. The van der Waals surface area contributed by atoms with Gasteiger partial charge in [0.2, 0.25) is 0 Å². The summed E-state index contributed by atoms with van der Waals surface area (Å²) in [6, 6.07) is 0. The number of carbonyl (C=O) groups excluding carboxylic acids is 7. The van der Waals surface area contributed by atoms with Gasteiger partial charge in [-0.2, -0.15) is 0 Å². The Morgan fingerprint density at radius 2 is 0.661 bits per heavy atom. The summed E-state index contributed by atoms with van der Waals surface area (Å²) in [4.78, 5) is 85.6. The van der Waals surface area contributed by atoms with E-state index in [0.717, 1.165) is 51.4 Å². The van der Waals surface area contributed by atoms with Crippen molar-refractivity contribution < 1.29 is 57.2 Å². The van der Waals surface area contributed by atoms with Crippen LogP contribution in [-0.4, -0.2) is 74.4 Å². The molecule has 0 aromatic carbocycles. The van der Waals surface area contributed by atoms with Crippen LogP contribution < -0.4 is 0 Å². The minimum Gasteiger partial charge on any atom is -0.466 e. The van der Waals surface area contributed by atoms with Gasteiger partial charge in [-0.15, -0.1) is 0 Å². The highest BCUT2D eigenvalue weighted by Crippen LogP contribution is 2.29. The number of hydrogen-bond acceptors (Lipinski definition) is 12. The third kappa shape index (κ3) is 25.8. The molecule has 0 bridgehead atoms. The summed E-state index contributed by atoms with van der Waals surface area (Å²) in [5.41, 5.74) is -1.67. The second-order valence-corrected chi connectivity index (χ2v) is 17.2. The molecule has 12 heteroatoms. The van der Waals surface area contributed by atoms with E-state index >= 15 is 0 Å². The van der Waals surface area contributed by atoms with E-state index in [0.29, 0.717) is 84.0 Å². The van der Waals surface area contributed by atoms with Crippen LogP contribution in [0.4, 0.5) is 0 Å². The molecule has 0 aromatic heterocycles. The molecule has 0 spiro atoms. The number of hydrogen-bond donors (Lipinski definition) is 0. The largest absolute Gasteiger partial charge is 0.466 e. The van der Waals surface area contributed by atoms with Crippen LogP contribution in [-0.2, 0) is 57.2 Å². The van der Waals surface area contributed by atoms with Crippen LogP contribution >= 0.6 is 0 Å². The van der Waals surface area contributed by atoms with Gasteiger partial charge in [0.15, 0.2) is 0 Å². The molecule has 0 amide bonds. The lowest BCUT2D eigenvalue weighted by atomic mass is 9.85. The summed E-state index contributed by atoms with van der Waals surface area (Å²) in [6.07, 6.45) is 12.9. The van der Waals surface area contributed by atoms with E-state index in [9.17, 15) is 33.6 Å². The summed E-state index contributed by atoms with van der Waals surface area (Å²) in [5, 5.41) is 0. The fraction of sp³-hybridized carbons (Fsp3) is 0.851. The summed E-state index contributed by atoms with van der Waals surface area (Å²) < 4.78 is 25.5. The first-order chi connectivity index (χ1) is 27.7. The maximum absolute atomic E-state index is 12.7. The van der Waals surface area contributed by atoms with Crippen molar-refractivity contribution in [3.8, 4) is 0 Å². The van der Waals surface area contributed by atoms with Crippen molar-refractivity contribution in [2.45, 2.75) is 199 Å². The predicted octanol–water partition coefficient (Wildman–Crippen LogP) is 10.3. The molecule has 0 aromatic rings. The van der Waals surface area contributed by atoms with E-state index in [1.54, 1.807) is 34.6 Å². The lowest BCUT2D eigenvalue weighted by Gasteiger charge is -2.22. The molecule has 12 nitrogen and oxygen atoms in total. The first-order valence-corrected chi connectivity index (χ1v) is 22.6. The Morgan fingerprint density at radius 3 is 0.949 bits per heavy atom. The number of Topliss-reactive ketones (excluding diaryl/α,β-unsaturated/α-hetero) is 2. The van der Waals surface area contributed by atoms with Crippen molar-refractivity contribution in [3.63, 3.8) is 0 Å². The van der Waals surface area contributed by atoms with Gasteiger partial charge in [0.05, 0.1) is 49.3 Å². The highest BCUT2D eigenvalue weighted by atomic mass is 16.5. The van der Waals surface area contributed by atoms with Crippen LogP contribution in [0.25, 0.3) is 0 Å². The van der Waals surface area contributed by atoms with Crippen molar-refractivity contribution in [3.05, 3.63) is 0 Å². The molecular weight excluding hydrogens is 757 g/mol. The van der Waals surface area contributed by atoms with Gasteiger partial charge in [0, 0.05) is 12.8 Å². The van der Waals surface area contributed by atoms with Gasteiger partial charge >= 0.3 is 29.8 Å². The Morgan fingerprint density at radius 1 is 0.373 bits per heavy atom. The van der Waals surface area contributed by atoms with Gasteiger partial charge in [-0.3, -0.25) is 33.6 Å². The lowest BCUT2D eigenvalue weighted by Crippen LogP contribution is -2.28. The number of carbonyl (C=O) groups is 7. The topological polar surface area (TPSA) is 166 Å². The van der Waals surface area contributed by atoms with E-state index in [1.807, 2.05) is 41.5 Å². The fourth-order valence-electron chi connectivity index (χ4n) is 6.54. The zero-order valence-corrected chi connectivity index (χ0v) is 39.3. The summed E-state index contributed by atoms with van der Waals surface area (Å²) in [7, 11) is 0. The molecule has 59 heavy (non-hydrogen) atoms. The third-order valence-electron chi connectivity index (χ3n) is 10.5. The van der Waals surface area contributed by atoms with Crippen LogP contribution in [0.3, 0.4) is 0 Å². The Kier molecular flexibility index (Phi) is 31.8. The highest BCUT2D eigenvalue weighted by molar-refractivity contribution is 5.99. The minimum atomic E-state index is -0.758. The van der Waals surface area contributed by atoms with Crippen LogP contribution in [0.15, 0.2) is 0 Å². The van der Waals surface area contributed by atoms with E-state index < -0.39 is 40.0 Å². The zero-order valence-electron chi connectivity index (χ0n) is 39.3. The lowest BCUT2D eigenvalue weighted by molar-refractivity contribution is -0.154. The Balaban J connectivity index is 0. The van der Waals surface area contributed by atoms with Crippen molar-refractivity contribution in [2.75, 3.05) is 33.0 Å². The Labute approximate surface area is 357 Å². The number of ether oxygens (including phenoxy) is 5. The fourth-order valence-corrected chi connectivity index (χ4v) is 6.54. The van der Waals surface area contributed by atoms with Crippen LogP contribution in [0.2, 0.25) is 0 Å². The molecule has 0 aliphatic heterocycles. The van der Waals surface area contributed by atoms with Crippen molar-refractivity contribution in [1.82, 2.24) is 0 Å². The van der Waals surface area contributed by atoms with Crippen molar-refractivity contribution in [2.24, 2.45) is 28.1 Å². The summed E-state index contributed by atoms with van der Waals surface area (Å²) in [6.45, 7) is 23.8. The second kappa shape index (κ2) is 32.5. The van der Waals surface area contributed by atoms with Gasteiger partial charge in [-0.1, -0.05) is 64.7 Å². The van der Waals surface area contributed by atoms with E-state index in [4.69, 9.17) is 23.7 Å². The zero-order chi connectivity index (χ0) is 45.5. The molecule has 0 aliphatic carbocycles. The van der Waals surface area contributed by atoms with Crippen LogP contribution in [0, 0.1) is 28.1 Å². The number of ketones is 2. The van der Waals surface area contributed by atoms with Crippen molar-refractivity contribution >= 4 is 41.4 Å². The van der Waals surface area contributed by atoms with Crippen LogP contribution in [0.5, 0.6) is 0 Å². The SMILES string of the molecule is CCCCCCC(=O)C(CCCCC(C)(C)C(=O)OCC)C(=O)OCC.CCOC(=O)C(CCCCC(C)(C)C(=O)OCC)C(=O)CCCCCC(C)(C)C(=O)OCC. The maximum atomic E-state index is 12.7. The Bertz CT molecular complexity index is 1240. The molecule has 0 fully saturated rings. The second-order valence-electron chi connectivity index (χ2n) is 17.2. The van der Waals surface area contributed by atoms with Gasteiger partial charge in [-0.25, -0.2) is 0 Å². The first-order valence-electron chi connectivity index (χ1n) is 22.6. The molecule has 344 valence electrons. The van der Waals surface area contributed by atoms with E-state index in [1.165, 1.54) is 0 Å². The molecule has 0 saturated heterocycles. The molecule has 0 N–H and O–H groups in total. The molecule has 0 heterocycles. The predicted molar refractivity (Wildman–Crippen MR) is 230 cm³/mol. The smallest absolute Gasteiger partial charge is 0.316 e. The van der Waals surface area contributed by atoms with Gasteiger partial charge in [0.25, 0.3) is 0 Å². The van der Waals surface area contributed by atoms with E-state index in [2.05, 4.69) is 6.92 Å². The molecule has 0 aliphatic rings. The molecular formula is C47H84O12. The normalized spacial score (nSPS) is 12.6. The average Bonchev–Trinajstić information content (AvgIpc) is 3.16. The average molecular weight is 841 g/mol. The highest BCUT2D eigenvalue weighted by Gasteiger charge is 2.32. The monoisotopic (exact) mass is 841 g/mol. The summed E-state index contributed by atoms with van der Waals surface area (Å²) in [5.74, 6) is -3.02. The van der Waals surface area contributed by atoms with Gasteiger partial charge < -0.3 is 23.7 Å². The molecule has 2 unspecified atom stereocenters. The molecule has 2 atom stereocenters. The van der Waals surface area contributed by atoms with Gasteiger partial charge in [-0.05, 0) is 121 Å². The summed E-state index contributed by atoms with van der Waals surface area (Å²) >= 11 is 0. The Hall–Kier alpha value is -3.31. The number of unbranched alkanes of at least 4 members (excludes halogenated alkanes) is 7. The molecule has 0 saturated carbocycles. The van der Waals surface area contributed by atoms with E-state index in [-0.39, 0.29) is 42.7 Å². The number of esters is 5. The third-order valence-corrected chi connectivity index (χ3v) is 10.5. The van der Waals surface area contributed by atoms with Crippen molar-refractivity contribution in [1.29, 1.82) is 0 Å². The number of rotatable bonds is 33. The maximum Gasteiger partial charge on any atom is 0.316 e. The van der Waals surface area contributed by atoms with Gasteiger partial charge in [0.1, 0.15) is 23.4 Å². The first kappa shape index (κ1) is 57.8. The van der Waals surface area contributed by atoms with Crippen LogP contribution in [0.1, 0.15) is 199 Å². The quantitative estimate of drug-likeness (QED) is 0.0266. The molecule has 0 rings (SSSR count). The molecule has 0 radical (unpaired) electrons. The standard InChI is InChI=1S/C26H46O7.C21H38O5/c1-8-31-22(28)20(16-13-15-19-26(6,7)24(30)33-10-3)21(27)17-12-11-14-18-25(4,5)23(29)32-9-2;1-6-9-10-11-15-18(22)17(19(23)25-7-2)14-12-13-16-21(4,5)20(24)26-8-3/h20H,8-19H2,1-7H3;17H,6-16H2,1-5H3.